The third kappa shape index (κ3) is 3.26. The van der Waals surface area contributed by atoms with E-state index in [4.69, 9.17) is 4.74 Å². The molecule has 0 aliphatic carbocycles. The van der Waals surface area contributed by atoms with Gasteiger partial charge in [0.15, 0.2) is 0 Å². The second kappa shape index (κ2) is 6.46. The van der Waals surface area contributed by atoms with Gasteiger partial charge >= 0.3 is 0 Å². The number of H-pyrrole nitrogens is 1. The van der Waals surface area contributed by atoms with Crippen molar-refractivity contribution in [1.29, 1.82) is 0 Å². The molecule has 8 heteroatoms. The van der Waals surface area contributed by atoms with Crippen molar-refractivity contribution in [3.05, 3.63) is 57.8 Å². The minimum atomic E-state index is -3.61. The summed E-state index contributed by atoms with van der Waals surface area (Å²) in [5.41, 5.74) is 0.867. The molecule has 0 spiro atoms. The van der Waals surface area contributed by atoms with Gasteiger partial charge in [0.05, 0.1) is 17.2 Å². The van der Waals surface area contributed by atoms with Crippen molar-refractivity contribution in [2.45, 2.75) is 24.8 Å². The fourth-order valence-electron chi connectivity index (χ4n) is 2.78. The summed E-state index contributed by atoms with van der Waals surface area (Å²) in [5.74, 6) is 0.472. The Labute approximate surface area is 140 Å². The molecule has 0 saturated carbocycles. The summed E-state index contributed by atoms with van der Waals surface area (Å²) >= 11 is 0. The molecule has 1 aromatic heterocycles. The average Bonchev–Trinajstić information content (AvgIpc) is 2.54. The first kappa shape index (κ1) is 16.8. The van der Waals surface area contributed by atoms with Crippen LogP contribution in [0.4, 0.5) is 0 Å². The number of morpholine rings is 1. The lowest BCUT2D eigenvalue weighted by Gasteiger charge is -2.32. The Bertz CT molecular complexity index is 908. The van der Waals surface area contributed by atoms with Crippen molar-refractivity contribution < 1.29 is 13.2 Å². The standard InChI is InChI=1S/C16H19N3O4S/c1-11-5-3-4-6-15(11)24(21,22)19-7-8-23-14(10-19)13-9-16(20)18-12(2)17-13/h3-6,9,14H,7-8,10H2,1-2H3,(H,17,18,20)/t14-/m1/s1. The van der Waals surface area contributed by atoms with Crippen LogP contribution in [0.5, 0.6) is 0 Å². The molecule has 0 amide bonds. The Hall–Kier alpha value is -2.03. The molecule has 1 aromatic carbocycles. The molecule has 2 aromatic rings. The summed E-state index contributed by atoms with van der Waals surface area (Å²) in [4.78, 5) is 18.7. The van der Waals surface area contributed by atoms with E-state index in [2.05, 4.69) is 9.97 Å². The number of hydrogen-bond donors (Lipinski definition) is 1. The van der Waals surface area contributed by atoms with Crippen molar-refractivity contribution in [2.75, 3.05) is 19.7 Å². The molecule has 2 heterocycles. The fourth-order valence-corrected chi connectivity index (χ4v) is 4.43. The van der Waals surface area contributed by atoms with Gasteiger partial charge in [0.1, 0.15) is 11.9 Å². The molecule has 1 aliphatic heterocycles. The minimum Gasteiger partial charge on any atom is -0.369 e. The number of aromatic nitrogens is 2. The van der Waals surface area contributed by atoms with Gasteiger partial charge in [0.2, 0.25) is 10.0 Å². The molecule has 1 fully saturated rings. The number of nitrogens with zero attached hydrogens (tertiary/aromatic N) is 2. The predicted octanol–water partition coefficient (Wildman–Crippen LogP) is 1.15. The largest absolute Gasteiger partial charge is 0.369 e. The number of nitrogens with one attached hydrogen (secondary N) is 1. The number of aryl methyl sites for hydroxylation is 2. The zero-order valence-corrected chi connectivity index (χ0v) is 14.3. The third-order valence-electron chi connectivity index (χ3n) is 3.95. The Balaban J connectivity index is 1.91. The van der Waals surface area contributed by atoms with E-state index in [0.29, 0.717) is 22.0 Å². The molecule has 7 nitrogen and oxygen atoms in total. The summed E-state index contributed by atoms with van der Waals surface area (Å²) in [5, 5.41) is 0. The average molecular weight is 349 g/mol. The van der Waals surface area contributed by atoms with Gasteiger partial charge in [-0.25, -0.2) is 13.4 Å². The second-order valence-electron chi connectivity index (χ2n) is 5.74. The topological polar surface area (TPSA) is 92.4 Å². The smallest absolute Gasteiger partial charge is 0.251 e. The van der Waals surface area contributed by atoms with Gasteiger partial charge in [-0.1, -0.05) is 18.2 Å². The first-order chi connectivity index (χ1) is 11.4. The van der Waals surface area contributed by atoms with Gasteiger partial charge in [-0.15, -0.1) is 0 Å². The summed E-state index contributed by atoms with van der Waals surface area (Å²) in [6.07, 6.45) is -0.557. The van der Waals surface area contributed by atoms with Gasteiger partial charge in [-0.3, -0.25) is 4.79 Å². The lowest BCUT2D eigenvalue weighted by molar-refractivity contribution is -0.00516. The fraction of sp³-hybridized carbons (Fsp3) is 0.375. The van der Waals surface area contributed by atoms with E-state index in [0.717, 1.165) is 0 Å². The van der Waals surface area contributed by atoms with E-state index in [9.17, 15) is 13.2 Å². The molecular weight excluding hydrogens is 330 g/mol. The Morgan fingerprint density at radius 2 is 2.04 bits per heavy atom. The van der Waals surface area contributed by atoms with E-state index in [1.165, 1.54) is 10.4 Å². The van der Waals surface area contributed by atoms with Gasteiger partial charge in [-0.2, -0.15) is 4.31 Å². The van der Waals surface area contributed by atoms with Crippen LogP contribution in [-0.4, -0.2) is 42.4 Å². The summed E-state index contributed by atoms with van der Waals surface area (Å²) in [6, 6.07) is 8.23. The van der Waals surface area contributed by atoms with Crippen LogP contribution in [0.2, 0.25) is 0 Å². The lowest BCUT2D eigenvalue weighted by atomic mass is 10.2. The van der Waals surface area contributed by atoms with Crippen molar-refractivity contribution in [2.24, 2.45) is 0 Å². The molecule has 1 N–H and O–H groups in total. The SMILES string of the molecule is Cc1nc([C@H]2CN(S(=O)(=O)c3ccccc3C)CCO2)cc(=O)[nH]1. The quantitative estimate of drug-likeness (QED) is 0.897. The predicted molar refractivity (Wildman–Crippen MR) is 88.2 cm³/mol. The number of aromatic amines is 1. The van der Waals surface area contributed by atoms with E-state index in [1.54, 1.807) is 38.1 Å². The molecule has 24 heavy (non-hydrogen) atoms. The van der Waals surface area contributed by atoms with Crippen molar-refractivity contribution in [1.82, 2.24) is 14.3 Å². The van der Waals surface area contributed by atoms with Crippen LogP contribution in [-0.2, 0) is 14.8 Å². The number of ether oxygens (including phenoxy) is 1. The van der Waals surface area contributed by atoms with Crippen LogP contribution in [0.15, 0.2) is 40.0 Å². The highest BCUT2D eigenvalue weighted by Crippen LogP contribution is 2.26. The first-order valence-electron chi connectivity index (χ1n) is 7.63. The summed E-state index contributed by atoms with van der Waals surface area (Å²) in [7, 11) is -3.61. The normalized spacial score (nSPS) is 19.3. The number of benzene rings is 1. The van der Waals surface area contributed by atoms with Crippen LogP contribution in [0.3, 0.4) is 0 Å². The highest BCUT2D eigenvalue weighted by Gasteiger charge is 2.33. The second-order valence-corrected chi connectivity index (χ2v) is 7.65. The molecule has 0 bridgehead atoms. The minimum absolute atomic E-state index is 0.132. The monoisotopic (exact) mass is 349 g/mol. The van der Waals surface area contributed by atoms with Gasteiger partial charge in [0, 0.05) is 19.2 Å². The third-order valence-corrected chi connectivity index (χ3v) is 5.98. The van der Waals surface area contributed by atoms with Gasteiger partial charge in [-0.05, 0) is 25.5 Å². The molecule has 1 saturated heterocycles. The highest BCUT2D eigenvalue weighted by atomic mass is 32.2. The molecule has 0 radical (unpaired) electrons. The Kier molecular flexibility index (Phi) is 4.53. The van der Waals surface area contributed by atoms with E-state index in [-0.39, 0.29) is 25.3 Å². The van der Waals surface area contributed by atoms with Crippen LogP contribution in [0.1, 0.15) is 23.2 Å². The molecular formula is C16H19N3O4S. The van der Waals surface area contributed by atoms with Gasteiger partial charge in [0.25, 0.3) is 5.56 Å². The molecule has 1 aliphatic rings. The van der Waals surface area contributed by atoms with E-state index < -0.39 is 16.1 Å². The number of hydrogen-bond acceptors (Lipinski definition) is 5. The lowest BCUT2D eigenvalue weighted by Crippen LogP contribution is -2.42. The van der Waals surface area contributed by atoms with Crippen LogP contribution < -0.4 is 5.56 Å². The zero-order chi connectivity index (χ0) is 17.3. The maximum absolute atomic E-state index is 12.9. The summed E-state index contributed by atoms with van der Waals surface area (Å²) < 4.78 is 32.8. The first-order valence-corrected chi connectivity index (χ1v) is 9.07. The van der Waals surface area contributed by atoms with Crippen molar-refractivity contribution >= 4 is 10.0 Å². The molecule has 128 valence electrons. The molecule has 0 unspecified atom stereocenters. The number of rotatable bonds is 3. The van der Waals surface area contributed by atoms with Crippen LogP contribution >= 0.6 is 0 Å². The van der Waals surface area contributed by atoms with Crippen LogP contribution in [0.25, 0.3) is 0 Å². The van der Waals surface area contributed by atoms with Gasteiger partial charge < -0.3 is 9.72 Å². The number of sulfonamides is 1. The Morgan fingerprint density at radius 1 is 1.29 bits per heavy atom. The Morgan fingerprint density at radius 3 is 2.75 bits per heavy atom. The zero-order valence-electron chi connectivity index (χ0n) is 13.5. The molecule has 1 atom stereocenters. The van der Waals surface area contributed by atoms with Crippen molar-refractivity contribution in [3.8, 4) is 0 Å². The van der Waals surface area contributed by atoms with Crippen LogP contribution in [0, 0.1) is 13.8 Å². The van der Waals surface area contributed by atoms with E-state index >= 15 is 0 Å². The molecule has 3 rings (SSSR count). The summed E-state index contributed by atoms with van der Waals surface area (Å²) in [6.45, 7) is 4.10. The maximum atomic E-state index is 12.9. The maximum Gasteiger partial charge on any atom is 0.251 e. The van der Waals surface area contributed by atoms with E-state index in [1.807, 2.05) is 0 Å². The highest BCUT2D eigenvalue weighted by molar-refractivity contribution is 7.89. The van der Waals surface area contributed by atoms with Crippen molar-refractivity contribution in [3.63, 3.8) is 0 Å².